The summed E-state index contributed by atoms with van der Waals surface area (Å²) in [5.41, 5.74) is 1.60. The van der Waals surface area contributed by atoms with E-state index in [9.17, 15) is 22.4 Å². The maximum atomic E-state index is 14.0. The number of anilines is 1. The second-order valence-corrected chi connectivity index (χ2v) is 11.4. The van der Waals surface area contributed by atoms with Crippen molar-refractivity contribution < 1.29 is 22.4 Å². The van der Waals surface area contributed by atoms with E-state index in [1.807, 2.05) is 6.92 Å². The molecule has 2 amide bonds. The first-order chi connectivity index (χ1) is 18.6. The smallest absolute Gasteiger partial charge is 0.264 e. The summed E-state index contributed by atoms with van der Waals surface area (Å²) in [7, 11) is -4.19. The topological polar surface area (TPSA) is 86.8 Å². The van der Waals surface area contributed by atoms with E-state index >= 15 is 0 Å². The first kappa shape index (κ1) is 30.1. The molecule has 10 heteroatoms. The third kappa shape index (κ3) is 7.58. The van der Waals surface area contributed by atoms with Gasteiger partial charge in [0, 0.05) is 18.1 Å². The molecule has 7 nitrogen and oxygen atoms in total. The van der Waals surface area contributed by atoms with Gasteiger partial charge in [-0.25, -0.2) is 12.8 Å². The van der Waals surface area contributed by atoms with Crippen molar-refractivity contribution in [3.63, 3.8) is 0 Å². The highest BCUT2D eigenvalue weighted by molar-refractivity contribution is 7.92. The Morgan fingerprint density at radius 1 is 0.974 bits per heavy atom. The number of nitrogens with one attached hydrogen (secondary N) is 1. The van der Waals surface area contributed by atoms with E-state index in [0.29, 0.717) is 41.2 Å². The van der Waals surface area contributed by atoms with Crippen LogP contribution in [-0.4, -0.2) is 44.3 Å². The molecular formula is C29H33ClFN3O4S. The van der Waals surface area contributed by atoms with E-state index in [0.717, 1.165) is 4.31 Å². The first-order valence-corrected chi connectivity index (χ1v) is 14.6. The van der Waals surface area contributed by atoms with Crippen LogP contribution in [0.5, 0.6) is 0 Å². The monoisotopic (exact) mass is 573 g/mol. The Kier molecular flexibility index (Phi) is 10.5. The molecule has 0 radical (unpaired) electrons. The van der Waals surface area contributed by atoms with Crippen molar-refractivity contribution in [2.45, 2.75) is 51.1 Å². The Hall–Kier alpha value is -3.43. The Labute approximate surface area is 234 Å². The Morgan fingerprint density at radius 3 is 2.21 bits per heavy atom. The molecule has 0 aliphatic rings. The average molecular weight is 574 g/mol. The quantitative estimate of drug-likeness (QED) is 0.318. The van der Waals surface area contributed by atoms with Crippen LogP contribution >= 0.6 is 11.6 Å². The molecule has 0 unspecified atom stereocenters. The fourth-order valence-corrected chi connectivity index (χ4v) is 5.77. The van der Waals surface area contributed by atoms with Gasteiger partial charge in [0.05, 0.1) is 10.6 Å². The summed E-state index contributed by atoms with van der Waals surface area (Å²) in [4.78, 5) is 28.4. The zero-order chi connectivity index (χ0) is 28.6. The fourth-order valence-electron chi connectivity index (χ4n) is 4.16. The maximum absolute atomic E-state index is 14.0. The lowest BCUT2D eigenvalue weighted by Gasteiger charge is -2.33. The van der Waals surface area contributed by atoms with Crippen LogP contribution in [0.25, 0.3) is 0 Å². The lowest BCUT2D eigenvalue weighted by atomic mass is 10.1. The summed E-state index contributed by atoms with van der Waals surface area (Å²) in [5, 5.41) is 3.21. The molecule has 0 saturated carbocycles. The fraction of sp³-hybridized carbons (Fsp3) is 0.310. The number of hydrogen-bond acceptors (Lipinski definition) is 4. The zero-order valence-corrected chi connectivity index (χ0v) is 23.8. The molecule has 208 valence electrons. The summed E-state index contributed by atoms with van der Waals surface area (Å²) in [5.74, 6) is -1.33. The summed E-state index contributed by atoms with van der Waals surface area (Å²) in [6, 6.07) is 17.3. The van der Waals surface area contributed by atoms with Crippen LogP contribution in [-0.2, 0) is 26.2 Å². The van der Waals surface area contributed by atoms with Gasteiger partial charge in [-0.2, -0.15) is 0 Å². The molecule has 0 spiro atoms. The summed E-state index contributed by atoms with van der Waals surface area (Å²) in [6.07, 6.45) is 1.02. The molecule has 0 bridgehead atoms. The molecule has 1 atom stereocenters. The van der Waals surface area contributed by atoms with E-state index < -0.39 is 34.3 Å². The Bertz CT molecular complexity index is 1380. The highest BCUT2D eigenvalue weighted by atomic mass is 35.5. The molecule has 3 aromatic carbocycles. The van der Waals surface area contributed by atoms with Crippen LogP contribution in [0.15, 0.2) is 77.7 Å². The van der Waals surface area contributed by atoms with Gasteiger partial charge in [-0.15, -0.1) is 0 Å². The molecule has 0 heterocycles. The van der Waals surface area contributed by atoms with Gasteiger partial charge in [0.25, 0.3) is 10.0 Å². The van der Waals surface area contributed by atoms with Crippen LogP contribution in [0.3, 0.4) is 0 Å². The Balaban J connectivity index is 2.05. The second kappa shape index (κ2) is 13.6. The normalized spacial score (nSPS) is 12.0. The first-order valence-electron chi connectivity index (χ1n) is 12.7. The van der Waals surface area contributed by atoms with E-state index in [-0.39, 0.29) is 17.3 Å². The Morgan fingerprint density at radius 2 is 1.62 bits per heavy atom. The molecular weight excluding hydrogens is 541 g/mol. The number of nitrogens with zero attached hydrogens (tertiary/aromatic N) is 2. The molecule has 39 heavy (non-hydrogen) atoms. The van der Waals surface area contributed by atoms with Gasteiger partial charge < -0.3 is 10.2 Å². The van der Waals surface area contributed by atoms with Gasteiger partial charge in [0.15, 0.2) is 0 Å². The van der Waals surface area contributed by atoms with E-state index in [1.165, 1.54) is 53.4 Å². The van der Waals surface area contributed by atoms with Crippen molar-refractivity contribution >= 4 is 39.1 Å². The van der Waals surface area contributed by atoms with Crippen molar-refractivity contribution in [3.8, 4) is 0 Å². The summed E-state index contributed by atoms with van der Waals surface area (Å²) < 4.78 is 42.3. The molecule has 3 aromatic rings. The van der Waals surface area contributed by atoms with Gasteiger partial charge >= 0.3 is 0 Å². The van der Waals surface area contributed by atoms with E-state index in [2.05, 4.69) is 5.32 Å². The lowest BCUT2D eigenvalue weighted by molar-refractivity contribution is -0.140. The van der Waals surface area contributed by atoms with E-state index in [4.69, 9.17) is 11.6 Å². The number of benzene rings is 3. The molecule has 3 rings (SSSR count). The van der Waals surface area contributed by atoms with E-state index in [1.54, 1.807) is 38.1 Å². The number of halogens is 2. The number of hydrogen-bond donors (Lipinski definition) is 1. The van der Waals surface area contributed by atoms with Crippen molar-refractivity contribution in [1.29, 1.82) is 0 Å². The number of carbonyl (C=O) groups excluding carboxylic acids is 2. The number of carbonyl (C=O) groups is 2. The third-order valence-corrected chi connectivity index (χ3v) is 8.29. The zero-order valence-electron chi connectivity index (χ0n) is 22.2. The predicted octanol–water partition coefficient (Wildman–Crippen LogP) is 5.32. The van der Waals surface area contributed by atoms with Crippen molar-refractivity contribution in [1.82, 2.24) is 10.2 Å². The number of rotatable bonds is 12. The van der Waals surface area contributed by atoms with Crippen LogP contribution < -0.4 is 9.62 Å². The maximum Gasteiger partial charge on any atom is 0.264 e. The predicted molar refractivity (Wildman–Crippen MR) is 151 cm³/mol. The lowest BCUT2D eigenvalue weighted by Crippen LogP contribution is -2.52. The molecule has 0 saturated heterocycles. The summed E-state index contributed by atoms with van der Waals surface area (Å²) >= 11 is 5.98. The summed E-state index contributed by atoms with van der Waals surface area (Å²) in [6.45, 7) is 5.35. The molecule has 0 aliphatic carbocycles. The van der Waals surface area contributed by atoms with Gasteiger partial charge in [0.2, 0.25) is 11.8 Å². The number of amides is 2. The van der Waals surface area contributed by atoms with Crippen molar-refractivity contribution in [2.75, 3.05) is 17.4 Å². The number of aryl methyl sites for hydroxylation is 1. The highest BCUT2D eigenvalue weighted by Gasteiger charge is 2.34. The van der Waals surface area contributed by atoms with Crippen LogP contribution in [0, 0.1) is 12.7 Å². The minimum atomic E-state index is -4.19. The highest BCUT2D eigenvalue weighted by Crippen LogP contribution is 2.28. The standard InChI is InChI=1S/C29H33ClFN3O4S/c1-4-18-32-29(36)26(5-2)33(19-22-10-14-24(31)15-11-22)28(35)20-34(27-9-7-6-8-21(27)3)39(37,38)25-16-12-23(30)13-17-25/h6-17,26H,4-5,18-20H2,1-3H3,(H,32,36)/t26-/m1/s1. The van der Waals surface area contributed by atoms with Gasteiger partial charge in [-0.1, -0.05) is 55.8 Å². The third-order valence-electron chi connectivity index (χ3n) is 6.27. The average Bonchev–Trinajstić information content (AvgIpc) is 2.92. The van der Waals surface area contributed by atoms with Gasteiger partial charge in [0.1, 0.15) is 18.4 Å². The number of sulfonamides is 1. The molecule has 0 aliphatic heterocycles. The van der Waals surface area contributed by atoms with Crippen molar-refractivity contribution in [2.24, 2.45) is 0 Å². The van der Waals surface area contributed by atoms with Gasteiger partial charge in [-0.3, -0.25) is 13.9 Å². The second-order valence-electron chi connectivity index (χ2n) is 9.12. The minimum absolute atomic E-state index is 0.000229. The van der Waals surface area contributed by atoms with Crippen molar-refractivity contribution in [3.05, 3.63) is 94.8 Å². The SMILES string of the molecule is CCCNC(=O)[C@@H](CC)N(Cc1ccc(F)cc1)C(=O)CN(c1ccccc1C)S(=O)(=O)c1ccc(Cl)cc1. The largest absolute Gasteiger partial charge is 0.354 e. The molecule has 0 fully saturated rings. The van der Waals surface area contributed by atoms with Crippen LogP contribution in [0.4, 0.5) is 10.1 Å². The number of para-hydroxylation sites is 1. The molecule has 1 N–H and O–H groups in total. The van der Waals surface area contributed by atoms with Gasteiger partial charge in [-0.05, 0) is 73.4 Å². The van der Waals surface area contributed by atoms with Crippen LogP contribution in [0.2, 0.25) is 5.02 Å². The van der Waals surface area contributed by atoms with Crippen LogP contribution in [0.1, 0.15) is 37.8 Å². The molecule has 0 aromatic heterocycles. The minimum Gasteiger partial charge on any atom is -0.354 e.